The molecule has 0 radical (unpaired) electrons. The highest BCUT2D eigenvalue weighted by Gasteiger charge is 2.30. The topological polar surface area (TPSA) is 152 Å². The zero-order valence-electron chi connectivity index (χ0n) is 18.6. The van der Waals surface area contributed by atoms with Crippen LogP contribution in [0.15, 0.2) is 18.2 Å². The van der Waals surface area contributed by atoms with Crippen molar-refractivity contribution in [2.45, 2.75) is 57.5 Å². The number of rotatable bonds is 11. The molecular formula is C21H32N2O9. The first kappa shape index (κ1) is 25.8. The second-order valence-corrected chi connectivity index (χ2v) is 8.69. The maximum Gasteiger partial charge on any atom is 0.294 e. The Labute approximate surface area is 186 Å². The van der Waals surface area contributed by atoms with Crippen molar-refractivity contribution < 1.29 is 39.5 Å². The van der Waals surface area contributed by atoms with Gasteiger partial charge < -0.3 is 34.5 Å². The molecule has 0 bridgehead atoms. The number of aliphatic hydroxyl groups is 3. The second kappa shape index (κ2) is 11.4. The van der Waals surface area contributed by atoms with Crippen LogP contribution in [0.3, 0.4) is 0 Å². The van der Waals surface area contributed by atoms with E-state index >= 15 is 0 Å². The Kier molecular flexibility index (Phi) is 9.20. The summed E-state index contributed by atoms with van der Waals surface area (Å²) in [6.07, 6.45) is -2.10. The number of nitrogens with zero attached hydrogens (tertiary/aromatic N) is 2. The first-order chi connectivity index (χ1) is 15.0. The van der Waals surface area contributed by atoms with E-state index in [-0.39, 0.29) is 45.3 Å². The minimum atomic E-state index is -0.994. The summed E-state index contributed by atoms with van der Waals surface area (Å²) < 4.78 is 10.9. The molecule has 180 valence electrons. The van der Waals surface area contributed by atoms with Crippen LogP contribution in [0.5, 0.6) is 5.75 Å². The first-order valence-electron chi connectivity index (χ1n) is 10.4. The van der Waals surface area contributed by atoms with E-state index in [9.17, 15) is 30.2 Å². The van der Waals surface area contributed by atoms with Gasteiger partial charge in [-0.3, -0.25) is 4.79 Å². The molecule has 1 aromatic carbocycles. The molecule has 0 spiro atoms. The highest BCUT2D eigenvalue weighted by molar-refractivity contribution is 5.78. The molecule has 32 heavy (non-hydrogen) atoms. The molecule has 3 N–H and O–H groups in total. The zero-order chi connectivity index (χ0) is 23.9. The number of carbonyl (C=O) groups excluding carboxylic acids is 1. The van der Waals surface area contributed by atoms with Crippen LogP contribution in [0, 0.1) is 10.1 Å². The van der Waals surface area contributed by atoms with Gasteiger partial charge >= 0.3 is 0 Å². The van der Waals surface area contributed by atoms with Crippen LogP contribution in [0.25, 0.3) is 0 Å². The van der Waals surface area contributed by atoms with Crippen LogP contribution in [0.4, 0.5) is 0 Å². The van der Waals surface area contributed by atoms with E-state index in [2.05, 4.69) is 4.84 Å². The fraction of sp³-hybridized carbons (Fsp3) is 0.667. The number of benzene rings is 1. The molecule has 0 aromatic heterocycles. The molecule has 1 amide bonds. The lowest BCUT2D eigenvalue weighted by Gasteiger charge is -2.37. The summed E-state index contributed by atoms with van der Waals surface area (Å²) >= 11 is 0. The molecule has 0 heterocycles. The molecule has 1 aliphatic carbocycles. The van der Waals surface area contributed by atoms with Crippen molar-refractivity contribution >= 4 is 5.91 Å². The quantitative estimate of drug-likeness (QED) is 0.239. The molecule has 3 atom stereocenters. The number of carbonyl (C=O) groups is 1. The summed E-state index contributed by atoms with van der Waals surface area (Å²) in [6.45, 7) is 4.66. The zero-order valence-corrected chi connectivity index (χ0v) is 18.6. The van der Waals surface area contributed by atoms with E-state index in [0.717, 1.165) is 11.1 Å². The van der Waals surface area contributed by atoms with Gasteiger partial charge in [-0.05, 0) is 32.4 Å². The number of ether oxygens (including phenoxy) is 2. The molecule has 0 aliphatic heterocycles. The lowest BCUT2D eigenvalue weighted by molar-refractivity contribution is -0.758. The van der Waals surface area contributed by atoms with Gasteiger partial charge in [-0.15, -0.1) is 10.1 Å². The average molecular weight is 456 g/mol. The van der Waals surface area contributed by atoms with Crippen molar-refractivity contribution in [3.8, 4) is 5.75 Å². The fourth-order valence-electron chi connectivity index (χ4n) is 3.48. The molecule has 11 heteroatoms. The van der Waals surface area contributed by atoms with Crippen molar-refractivity contribution in [1.82, 2.24) is 4.90 Å². The molecule has 0 fully saturated rings. The second-order valence-electron chi connectivity index (χ2n) is 8.69. The monoisotopic (exact) mass is 456 g/mol. The third-order valence-electron chi connectivity index (χ3n) is 5.10. The summed E-state index contributed by atoms with van der Waals surface area (Å²) in [4.78, 5) is 28.3. The van der Waals surface area contributed by atoms with E-state index in [4.69, 9.17) is 9.47 Å². The minimum absolute atomic E-state index is 0.00649. The van der Waals surface area contributed by atoms with Gasteiger partial charge in [0.15, 0.2) is 0 Å². The fourth-order valence-corrected chi connectivity index (χ4v) is 3.48. The molecule has 11 nitrogen and oxygen atoms in total. The van der Waals surface area contributed by atoms with Crippen molar-refractivity contribution in [2.24, 2.45) is 0 Å². The number of hydrogen-bond acceptors (Lipinski definition) is 9. The Hall–Kier alpha value is -2.47. The molecule has 1 unspecified atom stereocenters. The van der Waals surface area contributed by atoms with Crippen LogP contribution >= 0.6 is 0 Å². The van der Waals surface area contributed by atoms with Crippen molar-refractivity contribution in [2.75, 3.05) is 33.0 Å². The summed E-state index contributed by atoms with van der Waals surface area (Å²) in [6, 6.07) is 5.39. The Morgan fingerprint density at radius 1 is 1.25 bits per heavy atom. The minimum Gasteiger partial charge on any atom is -0.491 e. The van der Waals surface area contributed by atoms with Crippen LogP contribution < -0.4 is 4.74 Å². The Bertz CT molecular complexity index is 781. The molecule has 0 saturated carbocycles. The van der Waals surface area contributed by atoms with Gasteiger partial charge in [0.1, 0.15) is 31.7 Å². The molecule has 1 aliphatic rings. The molecular weight excluding hydrogens is 424 g/mol. The predicted molar refractivity (Wildman–Crippen MR) is 113 cm³/mol. The van der Waals surface area contributed by atoms with E-state index in [1.807, 2.05) is 26.8 Å². The largest absolute Gasteiger partial charge is 0.491 e. The molecule has 1 aromatic rings. The van der Waals surface area contributed by atoms with Crippen LogP contribution in [-0.2, 0) is 27.2 Å². The number of amides is 1. The van der Waals surface area contributed by atoms with E-state index < -0.39 is 28.9 Å². The number of β-amino-alcohol motifs (C(OH)–C–C–N with tert-alkyl or cyclic N) is 1. The van der Waals surface area contributed by atoms with E-state index in [0.29, 0.717) is 12.2 Å². The van der Waals surface area contributed by atoms with Gasteiger partial charge in [-0.2, -0.15) is 0 Å². The molecule has 0 saturated heterocycles. The maximum atomic E-state index is 12.6. The molecule has 2 rings (SSSR count). The van der Waals surface area contributed by atoms with Crippen molar-refractivity contribution in [3.05, 3.63) is 39.4 Å². The van der Waals surface area contributed by atoms with Crippen LogP contribution in [-0.4, -0.2) is 88.0 Å². The van der Waals surface area contributed by atoms with Gasteiger partial charge in [0.05, 0.1) is 25.4 Å². The number of hydrogen-bond donors (Lipinski definition) is 3. The number of aliphatic hydroxyl groups excluding tert-OH is 3. The maximum absolute atomic E-state index is 12.6. The SMILES string of the molecule is CC(C)(C)N(CC(O)COc1cccc2c1C[C@@H](O)[C@@H](O)C2)C(=O)COCCO[N+](=O)[O-]. The van der Waals surface area contributed by atoms with Gasteiger partial charge in [0, 0.05) is 23.9 Å². The lowest BCUT2D eigenvalue weighted by Crippen LogP contribution is -2.51. The average Bonchev–Trinajstić information content (AvgIpc) is 2.70. The summed E-state index contributed by atoms with van der Waals surface area (Å²) in [5.41, 5.74) is 1.08. The Morgan fingerprint density at radius 3 is 2.59 bits per heavy atom. The summed E-state index contributed by atoms with van der Waals surface area (Å²) in [5.74, 6) is 0.141. The smallest absolute Gasteiger partial charge is 0.294 e. The van der Waals surface area contributed by atoms with Gasteiger partial charge in [-0.1, -0.05) is 12.1 Å². The Morgan fingerprint density at radius 2 is 1.94 bits per heavy atom. The third kappa shape index (κ3) is 7.59. The van der Waals surface area contributed by atoms with Crippen molar-refractivity contribution in [1.29, 1.82) is 0 Å². The summed E-state index contributed by atoms with van der Waals surface area (Å²) in [7, 11) is 0. The van der Waals surface area contributed by atoms with E-state index in [1.54, 1.807) is 12.1 Å². The first-order valence-corrected chi connectivity index (χ1v) is 10.4. The van der Waals surface area contributed by atoms with Crippen LogP contribution in [0.1, 0.15) is 31.9 Å². The van der Waals surface area contributed by atoms with Gasteiger partial charge in [0.2, 0.25) is 5.91 Å². The third-order valence-corrected chi connectivity index (χ3v) is 5.10. The van der Waals surface area contributed by atoms with Gasteiger partial charge in [-0.25, -0.2) is 0 Å². The van der Waals surface area contributed by atoms with E-state index in [1.165, 1.54) is 4.90 Å². The number of fused-ring (bicyclic) bond motifs is 1. The highest BCUT2D eigenvalue weighted by Crippen LogP contribution is 2.30. The van der Waals surface area contributed by atoms with Gasteiger partial charge in [0.25, 0.3) is 5.09 Å². The van der Waals surface area contributed by atoms with Crippen molar-refractivity contribution in [3.63, 3.8) is 0 Å². The predicted octanol–water partition coefficient (Wildman–Crippen LogP) is 0.0987. The lowest BCUT2D eigenvalue weighted by atomic mass is 9.87. The van der Waals surface area contributed by atoms with Crippen LogP contribution in [0.2, 0.25) is 0 Å². The highest BCUT2D eigenvalue weighted by atomic mass is 17.0. The summed E-state index contributed by atoms with van der Waals surface area (Å²) in [5, 5.41) is 39.5. The Balaban J connectivity index is 1.91. The standard InChI is InChI=1S/C21H32N2O9/c1-21(2,3)22(20(27)13-30-7-8-32-23(28)29)11-15(24)12-31-19-6-4-5-14-9-17(25)18(26)10-16(14)19/h4-6,15,17-18,24-26H,7-13H2,1-3H3/t15?,17-,18+/m0/s1. The normalized spacial score (nSPS) is 19.1.